The van der Waals surface area contributed by atoms with Crippen LogP contribution in [0.1, 0.15) is 50.0 Å². The Balaban J connectivity index is 1.98. The smallest absolute Gasteiger partial charge is 0.277 e. The highest BCUT2D eigenvalue weighted by molar-refractivity contribution is 5.56. The summed E-state index contributed by atoms with van der Waals surface area (Å²) < 4.78 is 3.76. The zero-order valence-corrected chi connectivity index (χ0v) is 13.5. The number of rotatable bonds is 3. The highest BCUT2D eigenvalue weighted by atomic mass is 16.1. The van der Waals surface area contributed by atoms with E-state index >= 15 is 0 Å². The standard InChI is InChI=1S/C17H21N5O/c1-3-12-14-17(23)19-15(13-9-6-10-21(13)2)20-22(14)16(18-12)11-7-4-5-8-11/h6,9-11H,3-5,7-8H2,1-2H3,(H,19,20,23). The van der Waals surface area contributed by atoms with Crippen LogP contribution in [-0.2, 0) is 13.5 Å². The van der Waals surface area contributed by atoms with Crippen LogP contribution in [0.2, 0.25) is 0 Å². The van der Waals surface area contributed by atoms with Crippen molar-refractivity contribution in [2.45, 2.75) is 44.9 Å². The van der Waals surface area contributed by atoms with Crippen molar-refractivity contribution in [2.24, 2.45) is 7.05 Å². The van der Waals surface area contributed by atoms with Crippen molar-refractivity contribution in [3.05, 3.63) is 40.2 Å². The molecule has 0 unspecified atom stereocenters. The van der Waals surface area contributed by atoms with Gasteiger partial charge in [0, 0.05) is 19.2 Å². The van der Waals surface area contributed by atoms with E-state index in [0.717, 1.165) is 36.5 Å². The first kappa shape index (κ1) is 14.2. The molecule has 1 saturated carbocycles. The van der Waals surface area contributed by atoms with Crippen LogP contribution < -0.4 is 5.56 Å². The number of aryl methyl sites for hydroxylation is 2. The molecule has 6 heteroatoms. The van der Waals surface area contributed by atoms with Crippen LogP contribution in [0, 0.1) is 0 Å². The fraction of sp³-hybridized carbons (Fsp3) is 0.471. The normalized spacial score (nSPS) is 15.7. The minimum Gasteiger partial charge on any atom is -0.348 e. The molecule has 0 spiro atoms. The van der Waals surface area contributed by atoms with Crippen molar-refractivity contribution >= 4 is 5.52 Å². The fourth-order valence-corrected chi connectivity index (χ4v) is 3.61. The molecule has 0 radical (unpaired) electrons. The molecule has 0 aromatic carbocycles. The molecule has 0 saturated heterocycles. The van der Waals surface area contributed by atoms with Crippen LogP contribution in [0.4, 0.5) is 0 Å². The number of H-pyrrole nitrogens is 1. The maximum Gasteiger partial charge on any atom is 0.277 e. The summed E-state index contributed by atoms with van der Waals surface area (Å²) in [7, 11) is 1.95. The summed E-state index contributed by atoms with van der Waals surface area (Å²) in [5.74, 6) is 1.96. The molecule has 0 bridgehead atoms. The molecule has 0 atom stereocenters. The minimum atomic E-state index is -0.107. The molecule has 4 rings (SSSR count). The predicted octanol–water partition coefficient (Wildman–Crippen LogP) is 2.64. The molecule has 23 heavy (non-hydrogen) atoms. The number of aromatic amines is 1. The van der Waals surface area contributed by atoms with E-state index in [2.05, 4.69) is 4.98 Å². The van der Waals surface area contributed by atoms with Gasteiger partial charge in [-0.15, -0.1) is 5.10 Å². The summed E-state index contributed by atoms with van der Waals surface area (Å²) in [6.45, 7) is 2.03. The lowest BCUT2D eigenvalue weighted by molar-refractivity contribution is 0.639. The lowest BCUT2D eigenvalue weighted by atomic mass is 10.1. The number of nitrogens with one attached hydrogen (secondary N) is 1. The first-order chi connectivity index (χ1) is 11.2. The highest BCUT2D eigenvalue weighted by Crippen LogP contribution is 2.34. The predicted molar refractivity (Wildman–Crippen MR) is 88.6 cm³/mol. The van der Waals surface area contributed by atoms with E-state index < -0.39 is 0 Å². The van der Waals surface area contributed by atoms with Crippen molar-refractivity contribution in [2.75, 3.05) is 0 Å². The lowest BCUT2D eigenvalue weighted by Crippen LogP contribution is -2.17. The van der Waals surface area contributed by atoms with Gasteiger partial charge in [-0.05, 0) is 31.4 Å². The van der Waals surface area contributed by atoms with E-state index in [1.165, 1.54) is 12.8 Å². The summed E-state index contributed by atoms with van der Waals surface area (Å²) in [6, 6.07) is 3.90. The molecule has 6 nitrogen and oxygen atoms in total. The number of fused-ring (bicyclic) bond motifs is 1. The Morgan fingerprint density at radius 2 is 2.13 bits per heavy atom. The monoisotopic (exact) mass is 311 g/mol. The van der Waals surface area contributed by atoms with Gasteiger partial charge in [0.05, 0.1) is 11.4 Å². The van der Waals surface area contributed by atoms with E-state index in [1.54, 1.807) is 4.52 Å². The summed E-state index contributed by atoms with van der Waals surface area (Å²) in [5, 5.41) is 4.73. The first-order valence-electron chi connectivity index (χ1n) is 8.32. The average Bonchev–Trinajstić information content (AvgIpc) is 3.24. The van der Waals surface area contributed by atoms with E-state index in [9.17, 15) is 4.79 Å². The zero-order chi connectivity index (χ0) is 16.0. The first-order valence-corrected chi connectivity index (χ1v) is 8.32. The van der Waals surface area contributed by atoms with Gasteiger partial charge in [-0.1, -0.05) is 19.8 Å². The quantitative estimate of drug-likeness (QED) is 0.808. The van der Waals surface area contributed by atoms with Gasteiger partial charge in [0.1, 0.15) is 5.82 Å². The maximum absolute atomic E-state index is 12.6. The zero-order valence-electron chi connectivity index (χ0n) is 13.5. The third-order valence-corrected chi connectivity index (χ3v) is 4.84. The van der Waals surface area contributed by atoms with Gasteiger partial charge in [-0.2, -0.15) is 0 Å². The molecular formula is C17H21N5O. The van der Waals surface area contributed by atoms with Crippen molar-refractivity contribution in [1.29, 1.82) is 0 Å². The summed E-state index contributed by atoms with van der Waals surface area (Å²) in [4.78, 5) is 20.3. The number of hydrogen-bond donors (Lipinski definition) is 1. The molecule has 3 heterocycles. The van der Waals surface area contributed by atoms with Gasteiger partial charge in [0.2, 0.25) is 0 Å². The Labute approximate surface area is 134 Å². The third kappa shape index (κ3) is 2.20. The second kappa shape index (κ2) is 5.37. The maximum atomic E-state index is 12.6. The second-order valence-corrected chi connectivity index (χ2v) is 6.32. The van der Waals surface area contributed by atoms with Crippen LogP contribution in [0.3, 0.4) is 0 Å². The molecule has 1 aliphatic carbocycles. The Morgan fingerprint density at radius 3 is 2.78 bits per heavy atom. The topological polar surface area (TPSA) is 68.0 Å². The third-order valence-electron chi connectivity index (χ3n) is 4.84. The van der Waals surface area contributed by atoms with Gasteiger partial charge in [0.15, 0.2) is 11.3 Å². The molecule has 0 amide bonds. The van der Waals surface area contributed by atoms with Gasteiger partial charge in [-0.3, -0.25) is 4.79 Å². The van der Waals surface area contributed by atoms with Crippen molar-refractivity contribution in [3.63, 3.8) is 0 Å². The largest absolute Gasteiger partial charge is 0.348 e. The molecular weight excluding hydrogens is 290 g/mol. The van der Waals surface area contributed by atoms with Crippen LogP contribution in [0.25, 0.3) is 17.0 Å². The number of nitrogens with zero attached hydrogens (tertiary/aromatic N) is 4. The highest BCUT2D eigenvalue weighted by Gasteiger charge is 2.25. The summed E-state index contributed by atoms with van der Waals surface area (Å²) >= 11 is 0. The SMILES string of the molecule is CCc1nc(C2CCCC2)n2nc(-c3cccn3C)[nH]c(=O)c12. The van der Waals surface area contributed by atoms with Crippen molar-refractivity contribution in [1.82, 2.24) is 24.1 Å². The van der Waals surface area contributed by atoms with Gasteiger partial charge in [-0.25, -0.2) is 9.50 Å². The molecule has 3 aromatic heterocycles. The van der Waals surface area contributed by atoms with Crippen LogP contribution >= 0.6 is 0 Å². The van der Waals surface area contributed by atoms with Crippen LogP contribution in [0.15, 0.2) is 23.1 Å². The Bertz CT molecular complexity index is 911. The van der Waals surface area contributed by atoms with Crippen LogP contribution in [-0.4, -0.2) is 24.1 Å². The molecule has 0 aliphatic heterocycles. The molecule has 1 aliphatic rings. The minimum absolute atomic E-state index is 0.107. The van der Waals surface area contributed by atoms with Crippen molar-refractivity contribution in [3.8, 4) is 11.5 Å². The van der Waals surface area contributed by atoms with Crippen LogP contribution in [0.5, 0.6) is 0 Å². The Hall–Kier alpha value is -2.37. The van der Waals surface area contributed by atoms with Gasteiger partial charge in [0.25, 0.3) is 5.56 Å². The lowest BCUT2D eigenvalue weighted by Gasteiger charge is -2.08. The second-order valence-electron chi connectivity index (χ2n) is 6.32. The van der Waals surface area contributed by atoms with E-state index in [0.29, 0.717) is 17.3 Å². The Morgan fingerprint density at radius 1 is 1.35 bits per heavy atom. The van der Waals surface area contributed by atoms with Gasteiger partial charge >= 0.3 is 0 Å². The molecule has 1 N–H and O–H groups in total. The number of hydrogen-bond acceptors (Lipinski definition) is 3. The molecule has 3 aromatic rings. The summed E-state index contributed by atoms with van der Waals surface area (Å²) in [5.41, 5.74) is 2.24. The van der Waals surface area contributed by atoms with Gasteiger partial charge < -0.3 is 9.55 Å². The number of imidazole rings is 1. The van der Waals surface area contributed by atoms with E-state index in [4.69, 9.17) is 10.1 Å². The van der Waals surface area contributed by atoms with E-state index in [-0.39, 0.29) is 5.56 Å². The number of aromatic nitrogens is 5. The van der Waals surface area contributed by atoms with Crippen molar-refractivity contribution < 1.29 is 0 Å². The summed E-state index contributed by atoms with van der Waals surface area (Å²) in [6.07, 6.45) is 7.42. The fourth-order valence-electron chi connectivity index (χ4n) is 3.61. The Kier molecular flexibility index (Phi) is 3.32. The van der Waals surface area contributed by atoms with E-state index in [1.807, 2.05) is 36.9 Å². The molecule has 1 fully saturated rings. The molecule has 120 valence electrons. The average molecular weight is 311 g/mol.